The van der Waals surface area contributed by atoms with E-state index in [-0.39, 0.29) is 0 Å². The maximum Gasteiger partial charge on any atom is 0.0373 e. The summed E-state index contributed by atoms with van der Waals surface area (Å²) in [6.45, 7) is 3.32. The molecule has 1 aromatic rings. The van der Waals surface area contributed by atoms with E-state index in [9.17, 15) is 0 Å². The molecule has 0 radical (unpaired) electrons. The van der Waals surface area contributed by atoms with Crippen molar-refractivity contribution in [1.29, 1.82) is 0 Å². The van der Waals surface area contributed by atoms with Gasteiger partial charge in [-0.25, -0.2) is 0 Å². The average molecular weight is 326 g/mol. The first-order valence-corrected chi connectivity index (χ1v) is 8.99. The van der Waals surface area contributed by atoms with E-state index in [0.29, 0.717) is 6.04 Å². The SMILES string of the molecule is CCNC(c1cscc1Br)C1C2C3CCC(C3)C21. The third-order valence-electron chi connectivity index (χ3n) is 5.58. The number of hydrogen-bond acceptors (Lipinski definition) is 2. The molecule has 18 heavy (non-hydrogen) atoms. The summed E-state index contributed by atoms with van der Waals surface area (Å²) in [6.07, 6.45) is 4.59. The topological polar surface area (TPSA) is 12.0 Å². The van der Waals surface area contributed by atoms with Crippen LogP contribution in [0.2, 0.25) is 0 Å². The molecule has 3 heteroatoms. The van der Waals surface area contributed by atoms with Gasteiger partial charge in [-0.1, -0.05) is 6.92 Å². The third kappa shape index (κ3) is 1.60. The minimum absolute atomic E-state index is 0.606. The molecule has 0 spiro atoms. The van der Waals surface area contributed by atoms with Crippen molar-refractivity contribution in [3.05, 3.63) is 20.8 Å². The molecule has 1 heterocycles. The van der Waals surface area contributed by atoms with Crippen LogP contribution in [0.5, 0.6) is 0 Å². The lowest BCUT2D eigenvalue weighted by molar-refractivity contribution is 0.374. The van der Waals surface area contributed by atoms with Crippen LogP contribution in [0.25, 0.3) is 0 Å². The first-order chi connectivity index (χ1) is 8.81. The van der Waals surface area contributed by atoms with Crippen LogP contribution in [-0.4, -0.2) is 6.54 Å². The Hall–Kier alpha value is 0.140. The summed E-state index contributed by atoms with van der Waals surface area (Å²) in [4.78, 5) is 0. The molecule has 1 N–H and O–H groups in total. The summed E-state index contributed by atoms with van der Waals surface area (Å²) >= 11 is 5.55. The summed E-state index contributed by atoms with van der Waals surface area (Å²) in [5, 5.41) is 8.33. The molecule has 3 aliphatic carbocycles. The van der Waals surface area contributed by atoms with E-state index in [1.807, 2.05) is 11.3 Å². The van der Waals surface area contributed by atoms with Crippen LogP contribution in [0.4, 0.5) is 0 Å². The van der Waals surface area contributed by atoms with Crippen molar-refractivity contribution in [3.63, 3.8) is 0 Å². The van der Waals surface area contributed by atoms with Crippen LogP contribution in [0.1, 0.15) is 37.8 Å². The second kappa shape index (κ2) is 4.32. The van der Waals surface area contributed by atoms with Gasteiger partial charge in [0.15, 0.2) is 0 Å². The maximum absolute atomic E-state index is 3.76. The van der Waals surface area contributed by atoms with Crippen molar-refractivity contribution in [1.82, 2.24) is 5.32 Å². The van der Waals surface area contributed by atoms with E-state index in [1.54, 1.807) is 6.42 Å². The lowest BCUT2D eigenvalue weighted by atomic mass is 9.94. The molecule has 2 bridgehead atoms. The van der Waals surface area contributed by atoms with Crippen molar-refractivity contribution in [2.75, 3.05) is 6.54 Å². The first-order valence-electron chi connectivity index (χ1n) is 7.26. The van der Waals surface area contributed by atoms with Gasteiger partial charge in [-0.15, -0.1) is 0 Å². The molecular formula is C15H20BrNS. The third-order valence-corrected chi connectivity index (χ3v) is 7.33. The number of nitrogens with one attached hydrogen (secondary N) is 1. The summed E-state index contributed by atoms with van der Waals surface area (Å²) in [7, 11) is 0. The quantitative estimate of drug-likeness (QED) is 0.862. The van der Waals surface area contributed by atoms with Crippen LogP contribution in [0.3, 0.4) is 0 Å². The second-order valence-corrected chi connectivity index (χ2v) is 7.87. The molecule has 0 aromatic carbocycles. The van der Waals surface area contributed by atoms with Crippen LogP contribution < -0.4 is 5.32 Å². The Labute approximate surface area is 121 Å². The highest BCUT2D eigenvalue weighted by Gasteiger charge is 2.66. The maximum atomic E-state index is 3.76. The van der Waals surface area contributed by atoms with Gasteiger partial charge in [0.1, 0.15) is 0 Å². The number of thiophene rings is 1. The van der Waals surface area contributed by atoms with Gasteiger partial charge in [-0.2, -0.15) is 11.3 Å². The molecule has 3 saturated carbocycles. The molecule has 3 fully saturated rings. The minimum Gasteiger partial charge on any atom is -0.310 e. The monoisotopic (exact) mass is 325 g/mol. The fourth-order valence-electron chi connectivity index (χ4n) is 5.02. The molecule has 98 valence electrons. The molecule has 4 rings (SSSR count). The van der Waals surface area contributed by atoms with E-state index in [4.69, 9.17) is 0 Å². The zero-order valence-electron chi connectivity index (χ0n) is 10.7. The van der Waals surface area contributed by atoms with Gasteiger partial charge < -0.3 is 5.32 Å². The Balaban J connectivity index is 1.60. The highest BCUT2D eigenvalue weighted by molar-refractivity contribution is 9.10. The molecule has 5 unspecified atom stereocenters. The second-order valence-electron chi connectivity index (χ2n) is 6.28. The summed E-state index contributed by atoms with van der Waals surface area (Å²) in [6, 6.07) is 0.606. The van der Waals surface area contributed by atoms with Gasteiger partial charge in [0.2, 0.25) is 0 Å². The number of halogens is 1. The van der Waals surface area contributed by atoms with Gasteiger partial charge in [-0.05, 0) is 82.3 Å². The molecule has 0 amide bonds. The Morgan fingerprint density at radius 2 is 2.06 bits per heavy atom. The van der Waals surface area contributed by atoms with E-state index in [0.717, 1.165) is 36.1 Å². The Bertz CT molecular complexity index is 441. The zero-order valence-corrected chi connectivity index (χ0v) is 13.1. The van der Waals surface area contributed by atoms with Crippen molar-refractivity contribution < 1.29 is 0 Å². The Morgan fingerprint density at radius 1 is 1.33 bits per heavy atom. The largest absolute Gasteiger partial charge is 0.310 e. The van der Waals surface area contributed by atoms with Gasteiger partial charge in [0, 0.05) is 15.9 Å². The summed E-state index contributed by atoms with van der Waals surface area (Å²) in [5.41, 5.74) is 1.51. The van der Waals surface area contributed by atoms with Crippen molar-refractivity contribution in [2.45, 2.75) is 32.2 Å². The summed E-state index contributed by atoms with van der Waals surface area (Å²) < 4.78 is 1.32. The fourth-order valence-corrected chi connectivity index (χ4v) is 6.60. The van der Waals surface area contributed by atoms with E-state index in [2.05, 4.69) is 38.9 Å². The van der Waals surface area contributed by atoms with Crippen LogP contribution >= 0.6 is 27.3 Å². The molecule has 1 aromatic heterocycles. The number of rotatable bonds is 4. The molecule has 0 aliphatic heterocycles. The van der Waals surface area contributed by atoms with Crippen molar-refractivity contribution in [3.8, 4) is 0 Å². The molecule has 0 saturated heterocycles. The van der Waals surface area contributed by atoms with Crippen LogP contribution in [0.15, 0.2) is 15.2 Å². The highest BCUT2D eigenvalue weighted by Crippen LogP contribution is 2.72. The van der Waals surface area contributed by atoms with Crippen molar-refractivity contribution in [2.24, 2.45) is 29.6 Å². The molecule has 1 nitrogen and oxygen atoms in total. The smallest absolute Gasteiger partial charge is 0.0373 e. The highest BCUT2D eigenvalue weighted by atomic mass is 79.9. The van der Waals surface area contributed by atoms with E-state index >= 15 is 0 Å². The van der Waals surface area contributed by atoms with E-state index < -0.39 is 0 Å². The lowest BCUT2D eigenvalue weighted by Crippen LogP contribution is -2.25. The Morgan fingerprint density at radius 3 is 2.61 bits per heavy atom. The predicted molar refractivity (Wildman–Crippen MR) is 79.7 cm³/mol. The van der Waals surface area contributed by atoms with Crippen molar-refractivity contribution >= 4 is 27.3 Å². The standard InChI is InChI=1S/C15H20BrNS/c1-2-17-15(10-6-18-7-11(10)16)14-12-8-3-4-9(5-8)13(12)14/h6-9,12-15,17H,2-5H2,1H3. The molecule has 5 atom stereocenters. The van der Waals surface area contributed by atoms with Gasteiger partial charge >= 0.3 is 0 Å². The first kappa shape index (κ1) is 11.9. The van der Waals surface area contributed by atoms with Gasteiger partial charge in [0.25, 0.3) is 0 Å². The fraction of sp³-hybridized carbons (Fsp3) is 0.733. The number of hydrogen-bond donors (Lipinski definition) is 1. The van der Waals surface area contributed by atoms with Crippen LogP contribution in [-0.2, 0) is 0 Å². The number of fused-ring (bicyclic) bond motifs is 5. The van der Waals surface area contributed by atoms with Gasteiger partial charge in [-0.3, -0.25) is 0 Å². The zero-order chi connectivity index (χ0) is 12.3. The lowest BCUT2D eigenvalue weighted by Gasteiger charge is -2.21. The average Bonchev–Trinajstić information content (AvgIpc) is 2.72. The predicted octanol–water partition coefficient (Wildman–Crippen LogP) is 4.45. The van der Waals surface area contributed by atoms with Crippen LogP contribution in [0, 0.1) is 29.6 Å². The van der Waals surface area contributed by atoms with Gasteiger partial charge in [0.05, 0.1) is 0 Å². The normalized spacial score (nSPS) is 42.0. The minimum atomic E-state index is 0.606. The summed E-state index contributed by atoms with van der Waals surface area (Å²) in [5.74, 6) is 5.19. The molecular weight excluding hydrogens is 306 g/mol. The Kier molecular flexibility index (Phi) is 2.86. The molecule has 3 aliphatic rings. The van der Waals surface area contributed by atoms with E-state index in [1.165, 1.54) is 22.9 Å².